The number of aromatic nitrogens is 2. The Kier molecular flexibility index (Phi) is 5.06. The molecule has 0 bridgehead atoms. The number of hydrogen-bond donors (Lipinski definition) is 0. The molecule has 2 heteroatoms. The number of hydrogen-bond acceptors (Lipinski definition) is 2. The van der Waals surface area contributed by atoms with Crippen LogP contribution in [0.4, 0.5) is 0 Å². The fourth-order valence-electron chi connectivity index (χ4n) is 7.01. The lowest BCUT2D eigenvalue weighted by Crippen LogP contribution is -1.99. The van der Waals surface area contributed by atoms with E-state index in [4.69, 9.17) is 9.97 Å². The fraction of sp³-hybridized carbons (Fsp3) is 0.0500. The smallest absolute Gasteiger partial charge is 0.160 e. The minimum absolute atomic E-state index is 0.770. The summed E-state index contributed by atoms with van der Waals surface area (Å²) in [5.41, 5.74) is 16.0. The monoisotopic (exact) mass is 534 g/mol. The molecule has 0 amide bonds. The molecule has 9 rings (SSSR count). The van der Waals surface area contributed by atoms with E-state index in [-0.39, 0.29) is 0 Å². The van der Waals surface area contributed by atoms with Gasteiger partial charge in [0.2, 0.25) is 0 Å². The van der Waals surface area contributed by atoms with E-state index in [9.17, 15) is 0 Å². The molecule has 0 fully saturated rings. The maximum absolute atomic E-state index is 5.33. The van der Waals surface area contributed by atoms with Crippen LogP contribution in [0.1, 0.15) is 22.3 Å². The van der Waals surface area contributed by atoms with Crippen molar-refractivity contribution in [3.8, 4) is 56.2 Å². The average molecular weight is 535 g/mol. The van der Waals surface area contributed by atoms with Crippen LogP contribution >= 0.6 is 0 Å². The van der Waals surface area contributed by atoms with Crippen molar-refractivity contribution in [2.75, 3.05) is 0 Å². The Hall–Kier alpha value is -5.34. The van der Waals surface area contributed by atoms with Crippen molar-refractivity contribution in [2.45, 2.75) is 12.8 Å². The third-order valence-corrected chi connectivity index (χ3v) is 8.96. The summed E-state index contributed by atoms with van der Waals surface area (Å²) < 4.78 is 0. The van der Waals surface area contributed by atoms with E-state index in [1.54, 1.807) is 0 Å². The van der Waals surface area contributed by atoms with Crippen LogP contribution in [0.3, 0.4) is 0 Å². The molecule has 0 saturated carbocycles. The molecule has 0 saturated heterocycles. The predicted octanol–water partition coefficient (Wildman–Crippen LogP) is 9.77. The van der Waals surface area contributed by atoms with E-state index in [1.807, 2.05) is 0 Å². The fourth-order valence-corrected chi connectivity index (χ4v) is 7.01. The van der Waals surface area contributed by atoms with Gasteiger partial charge in [-0.05, 0) is 62.2 Å². The third kappa shape index (κ3) is 3.52. The predicted molar refractivity (Wildman–Crippen MR) is 172 cm³/mol. The van der Waals surface area contributed by atoms with E-state index in [2.05, 4.69) is 133 Å². The highest BCUT2D eigenvalue weighted by molar-refractivity contribution is 6.01. The second-order valence-electron chi connectivity index (χ2n) is 11.3. The number of nitrogens with zero attached hydrogens (tertiary/aromatic N) is 2. The standard InChI is InChI=1S/C40H26N2/c1-2-11-26(12-3-1)38-36-24-29-21-20-25-10-4-7-17-33(25)37(29)39(36)42-40(41-38)30-15-8-14-27(22-30)32-18-9-19-34-31-16-6-5-13-28(31)23-35(32)34/h1-22H,23-24H2. The van der Waals surface area contributed by atoms with Crippen LogP contribution in [-0.2, 0) is 12.8 Å². The van der Waals surface area contributed by atoms with Gasteiger partial charge in [0, 0.05) is 28.7 Å². The van der Waals surface area contributed by atoms with Gasteiger partial charge < -0.3 is 0 Å². The first-order valence-electron chi connectivity index (χ1n) is 14.6. The molecular formula is C40H26N2. The molecule has 0 spiro atoms. The molecule has 0 atom stereocenters. The van der Waals surface area contributed by atoms with Crippen LogP contribution in [0.15, 0.2) is 133 Å². The van der Waals surface area contributed by atoms with Crippen LogP contribution in [0.2, 0.25) is 0 Å². The first-order valence-corrected chi connectivity index (χ1v) is 14.6. The largest absolute Gasteiger partial charge is 0.228 e. The lowest BCUT2D eigenvalue weighted by molar-refractivity contribution is 1.13. The molecule has 0 unspecified atom stereocenters. The van der Waals surface area contributed by atoms with Crippen LogP contribution in [-0.4, -0.2) is 9.97 Å². The topological polar surface area (TPSA) is 25.8 Å². The lowest BCUT2D eigenvalue weighted by Gasteiger charge is -2.13. The highest BCUT2D eigenvalue weighted by atomic mass is 14.9. The van der Waals surface area contributed by atoms with E-state index >= 15 is 0 Å². The van der Waals surface area contributed by atoms with Gasteiger partial charge >= 0.3 is 0 Å². The maximum atomic E-state index is 5.33. The minimum Gasteiger partial charge on any atom is -0.228 e. The molecular weight excluding hydrogens is 508 g/mol. The molecule has 196 valence electrons. The van der Waals surface area contributed by atoms with Gasteiger partial charge in [-0.25, -0.2) is 9.97 Å². The molecule has 2 aliphatic rings. The normalized spacial score (nSPS) is 12.6. The molecule has 2 nitrogen and oxygen atoms in total. The Bertz CT molecular complexity index is 2190. The summed E-state index contributed by atoms with van der Waals surface area (Å²) in [4.78, 5) is 10.6. The van der Waals surface area contributed by atoms with Gasteiger partial charge in [-0.15, -0.1) is 0 Å². The first-order chi connectivity index (χ1) is 20.8. The van der Waals surface area contributed by atoms with Crippen molar-refractivity contribution < 1.29 is 0 Å². The van der Waals surface area contributed by atoms with Gasteiger partial charge in [0.25, 0.3) is 0 Å². The zero-order valence-corrected chi connectivity index (χ0v) is 23.0. The lowest BCUT2D eigenvalue weighted by atomic mass is 9.94. The van der Waals surface area contributed by atoms with E-state index in [0.717, 1.165) is 41.2 Å². The highest BCUT2D eigenvalue weighted by Gasteiger charge is 2.28. The van der Waals surface area contributed by atoms with Gasteiger partial charge in [-0.2, -0.15) is 0 Å². The third-order valence-electron chi connectivity index (χ3n) is 8.96. The Morgan fingerprint density at radius 1 is 0.429 bits per heavy atom. The second kappa shape index (κ2) is 9.09. The summed E-state index contributed by atoms with van der Waals surface area (Å²) in [7, 11) is 0. The van der Waals surface area contributed by atoms with Crippen molar-refractivity contribution in [2.24, 2.45) is 0 Å². The molecule has 6 aromatic carbocycles. The SMILES string of the molecule is c1ccc(-c2nc(-c3cccc(-c4cccc5c4Cc4ccccc4-5)c3)nc3c2Cc2ccc4ccccc4c2-3)cc1. The van der Waals surface area contributed by atoms with Crippen LogP contribution in [0.25, 0.3) is 66.9 Å². The Morgan fingerprint density at radius 3 is 2.07 bits per heavy atom. The van der Waals surface area contributed by atoms with Gasteiger partial charge in [0.15, 0.2) is 5.82 Å². The van der Waals surface area contributed by atoms with Crippen molar-refractivity contribution >= 4 is 10.8 Å². The van der Waals surface area contributed by atoms with E-state index in [1.165, 1.54) is 60.8 Å². The van der Waals surface area contributed by atoms with Crippen molar-refractivity contribution in [3.63, 3.8) is 0 Å². The van der Waals surface area contributed by atoms with Crippen LogP contribution < -0.4 is 0 Å². The molecule has 0 N–H and O–H groups in total. The molecule has 2 aliphatic carbocycles. The Morgan fingerprint density at radius 2 is 1.12 bits per heavy atom. The molecule has 0 aliphatic heterocycles. The van der Waals surface area contributed by atoms with Crippen molar-refractivity contribution in [1.82, 2.24) is 9.97 Å². The summed E-state index contributed by atoms with van der Waals surface area (Å²) in [6.07, 6.45) is 1.81. The zero-order chi connectivity index (χ0) is 27.6. The minimum atomic E-state index is 0.770. The number of fused-ring (bicyclic) bond motifs is 8. The van der Waals surface area contributed by atoms with Crippen molar-refractivity contribution in [3.05, 3.63) is 156 Å². The number of benzene rings is 6. The summed E-state index contributed by atoms with van der Waals surface area (Å²) in [6.45, 7) is 0. The first kappa shape index (κ1) is 23.4. The summed E-state index contributed by atoms with van der Waals surface area (Å²) in [5.74, 6) is 0.770. The molecule has 7 aromatic rings. The Labute approximate surface area is 245 Å². The molecule has 42 heavy (non-hydrogen) atoms. The molecule has 0 radical (unpaired) electrons. The summed E-state index contributed by atoms with van der Waals surface area (Å²) in [5, 5.41) is 2.50. The summed E-state index contributed by atoms with van der Waals surface area (Å²) >= 11 is 0. The van der Waals surface area contributed by atoms with Crippen LogP contribution in [0.5, 0.6) is 0 Å². The van der Waals surface area contributed by atoms with Gasteiger partial charge in [-0.3, -0.25) is 0 Å². The average Bonchev–Trinajstić information content (AvgIpc) is 3.63. The van der Waals surface area contributed by atoms with Crippen LogP contribution in [0, 0.1) is 0 Å². The Balaban J connectivity index is 1.24. The van der Waals surface area contributed by atoms with E-state index < -0.39 is 0 Å². The van der Waals surface area contributed by atoms with Gasteiger partial charge in [0.1, 0.15) is 0 Å². The number of rotatable bonds is 3. The highest BCUT2D eigenvalue weighted by Crippen LogP contribution is 2.45. The second-order valence-corrected chi connectivity index (χ2v) is 11.3. The zero-order valence-electron chi connectivity index (χ0n) is 23.0. The van der Waals surface area contributed by atoms with Gasteiger partial charge in [0.05, 0.1) is 11.4 Å². The molecule has 1 aromatic heterocycles. The quantitative estimate of drug-likeness (QED) is 0.225. The van der Waals surface area contributed by atoms with Gasteiger partial charge in [-0.1, -0.05) is 127 Å². The van der Waals surface area contributed by atoms with Crippen molar-refractivity contribution in [1.29, 1.82) is 0 Å². The maximum Gasteiger partial charge on any atom is 0.160 e. The van der Waals surface area contributed by atoms with E-state index in [0.29, 0.717) is 0 Å². The molecule has 1 heterocycles. The summed E-state index contributed by atoms with van der Waals surface area (Å²) in [6, 6.07) is 48.0.